The number of aromatic amines is 1. The fraction of sp³-hybridized carbons (Fsp3) is 0.529. The Bertz CT molecular complexity index is 701. The van der Waals surface area contributed by atoms with Gasteiger partial charge in [0.15, 0.2) is 0 Å². The van der Waals surface area contributed by atoms with Gasteiger partial charge in [-0.15, -0.1) is 22.0 Å². The van der Waals surface area contributed by atoms with Crippen LogP contribution in [-0.4, -0.2) is 49.8 Å². The number of rotatable bonds is 4. The number of hydrogen-bond acceptors (Lipinski definition) is 5. The molecule has 2 aliphatic rings. The highest BCUT2D eigenvalue weighted by atomic mass is 32.2. The summed E-state index contributed by atoms with van der Waals surface area (Å²) in [7, 11) is 0. The minimum Gasteiger partial charge on any atom is -0.340 e. The number of nitrogens with one attached hydrogen (secondary N) is 1. The van der Waals surface area contributed by atoms with Crippen LogP contribution in [0, 0.1) is 5.41 Å². The molecule has 7 heteroatoms. The molecule has 1 N–H and O–H groups in total. The second-order valence-corrected chi connectivity index (χ2v) is 8.34. The van der Waals surface area contributed by atoms with Crippen molar-refractivity contribution in [2.24, 2.45) is 5.41 Å². The summed E-state index contributed by atoms with van der Waals surface area (Å²) in [4.78, 5) is 15.7. The van der Waals surface area contributed by atoms with E-state index in [4.69, 9.17) is 0 Å². The van der Waals surface area contributed by atoms with Gasteiger partial charge in [0.1, 0.15) is 0 Å². The maximum absolute atomic E-state index is 12.6. The lowest BCUT2D eigenvalue weighted by Crippen LogP contribution is -2.58. The van der Waals surface area contributed by atoms with E-state index >= 15 is 0 Å². The highest BCUT2D eigenvalue weighted by Gasteiger charge is 2.47. The van der Waals surface area contributed by atoms with Crippen LogP contribution in [-0.2, 0) is 4.79 Å². The first-order chi connectivity index (χ1) is 11.7. The maximum atomic E-state index is 12.6. The molecular formula is C17H21N5OS. The number of nitrogens with zero attached hydrogens (tertiary/aromatic N) is 4. The molecule has 1 aromatic carbocycles. The third-order valence-electron chi connectivity index (χ3n) is 5.15. The molecule has 126 valence electrons. The van der Waals surface area contributed by atoms with Crippen molar-refractivity contribution in [3.8, 4) is 11.4 Å². The van der Waals surface area contributed by atoms with E-state index in [2.05, 4.69) is 20.6 Å². The number of aromatic nitrogens is 4. The molecule has 1 atom stereocenters. The molecule has 2 fully saturated rings. The van der Waals surface area contributed by atoms with Gasteiger partial charge in [-0.25, -0.2) is 0 Å². The van der Waals surface area contributed by atoms with Crippen LogP contribution < -0.4 is 0 Å². The molecule has 1 unspecified atom stereocenters. The van der Waals surface area contributed by atoms with Crippen LogP contribution in [0.3, 0.4) is 0 Å². The third-order valence-corrected chi connectivity index (χ3v) is 6.25. The van der Waals surface area contributed by atoms with Gasteiger partial charge in [0.05, 0.1) is 5.25 Å². The second kappa shape index (κ2) is 6.20. The molecule has 0 bridgehead atoms. The van der Waals surface area contributed by atoms with Crippen molar-refractivity contribution in [2.75, 3.05) is 13.1 Å². The molecule has 6 nitrogen and oxygen atoms in total. The van der Waals surface area contributed by atoms with Gasteiger partial charge in [0.2, 0.25) is 11.7 Å². The number of benzene rings is 1. The van der Waals surface area contributed by atoms with Crippen molar-refractivity contribution in [1.82, 2.24) is 25.5 Å². The Labute approximate surface area is 145 Å². The summed E-state index contributed by atoms with van der Waals surface area (Å²) in [6, 6.07) is 7.94. The van der Waals surface area contributed by atoms with Crippen LogP contribution in [0.2, 0.25) is 0 Å². The first-order valence-electron chi connectivity index (χ1n) is 8.45. The van der Waals surface area contributed by atoms with Gasteiger partial charge in [-0.2, -0.15) is 5.21 Å². The van der Waals surface area contributed by atoms with Crippen LogP contribution >= 0.6 is 11.8 Å². The van der Waals surface area contributed by atoms with E-state index in [1.807, 2.05) is 36.1 Å². The number of carbonyl (C=O) groups excluding carboxylic acids is 1. The highest BCUT2D eigenvalue weighted by molar-refractivity contribution is 8.00. The first-order valence-corrected chi connectivity index (χ1v) is 9.33. The number of hydrogen-bond donors (Lipinski definition) is 1. The average Bonchev–Trinajstić information content (AvgIpc) is 3.25. The molecule has 1 saturated heterocycles. The molecule has 1 saturated carbocycles. The van der Waals surface area contributed by atoms with Crippen molar-refractivity contribution in [3.05, 3.63) is 24.3 Å². The lowest BCUT2D eigenvalue weighted by atomic mass is 9.78. The zero-order chi connectivity index (χ0) is 16.6. The molecule has 1 aliphatic heterocycles. The van der Waals surface area contributed by atoms with Gasteiger partial charge < -0.3 is 4.90 Å². The van der Waals surface area contributed by atoms with Gasteiger partial charge in [0.25, 0.3) is 0 Å². The Morgan fingerprint density at radius 2 is 1.96 bits per heavy atom. The SMILES string of the molecule is CC(Sc1ccc(-c2nn[nH]n2)cc1)C(=O)N1CC2(CCCC2)C1. The van der Waals surface area contributed by atoms with Crippen molar-refractivity contribution < 1.29 is 4.79 Å². The topological polar surface area (TPSA) is 74.8 Å². The summed E-state index contributed by atoms with van der Waals surface area (Å²) in [6.07, 6.45) is 5.27. The zero-order valence-electron chi connectivity index (χ0n) is 13.7. The Kier molecular flexibility index (Phi) is 4.04. The monoisotopic (exact) mass is 343 g/mol. The van der Waals surface area contributed by atoms with Crippen LogP contribution in [0.5, 0.6) is 0 Å². The normalized spacial score (nSPS) is 20.1. The molecule has 4 rings (SSSR count). The minimum absolute atomic E-state index is 0.0558. The molecule has 1 aromatic heterocycles. The predicted molar refractivity (Wildman–Crippen MR) is 92.4 cm³/mol. The van der Waals surface area contributed by atoms with Crippen molar-refractivity contribution >= 4 is 17.7 Å². The molecule has 2 aromatic rings. The Balaban J connectivity index is 1.34. The Morgan fingerprint density at radius 3 is 2.58 bits per heavy atom. The summed E-state index contributed by atoms with van der Waals surface area (Å²) < 4.78 is 0. The van der Waals surface area contributed by atoms with E-state index in [0.717, 1.165) is 23.5 Å². The molecule has 1 amide bonds. The van der Waals surface area contributed by atoms with E-state index in [-0.39, 0.29) is 11.2 Å². The number of likely N-dealkylation sites (tertiary alicyclic amines) is 1. The summed E-state index contributed by atoms with van der Waals surface area (Å²) in [5, 5.41) is 13.9. The van der Waals surface area contributed by atoms with Crippen molar-refractivity contribution in [2.45, 2.75) is 42.8 Å². The van der Waals surface area contributed by atoms with E-state index < -0.39 is 0 Å². The fourth-order valence-corrected chi connectivity index (χ4v) is 4.79. The molecule has 1 spiro atoms. The molecular weight excluding hydrogens is 322 g/mol. The van der Waals surface area contributed by atoms with Gasteiger partial charge >= 0.3 is 0 Å². The number of amides is 1. The summed E-state index contributed by atoms with van der Waals surface area (Å²) in [5.74, 6) is 0.845. The number of H-pyrrole nitrogens is 1. The summed E-state index contributed by atoms with van der Waals surface area (Å²) in [6.45, 7) is 3.93. The van der Waals surface area contributed by atoms with Crippen LogP contribution in [0.4, 0.5) is 0 Å². The van der Waals surface area contributed by atoms with Crippen molar-refractivity contribution in [1.29, 1.82) is 0 Å². The summed E-state index contributed by atoms with van der Waals surface area (Å²) in [5.41, 5.74) is 1.38. The number of thioether (sulfide) groups is 1. The first kappa shape index (κ1) is 15.6. The van der Waals surface area contributed by atoms with Gasteiger partial charge in [-0.05, 0) is 49.2 Å². The quantitative estimate of drug-likeness (QED) is 0.864. The average molecular weight is 343 g/mol. The lowest BCUT2D eigenvalue weighted by molar-refractivity contribution is -0.142. The largest absolute Gasteiger partial charge is 0.340 e. The summed E-state index contributed by atoms with van der Waals surface area (Å²) >= 11 is 1.61. The van der Waals surface area contributed by atoms with Gasteiger partial charge in [-0.1, -0.05) is 12.8 Å². The van der Waals surface area contributed by atoms with Gasteiger partial charge in [-0.3, -0.25) is 4.79 Å². The molecule has 1 aliphatic carbocycles. The number of tetrazole rings is 1. The van der Waals surface area contributed by atoms with E-state index in [9.17, 15) is 4.79 Å². The standard InChI is InChI=1S/C17H21N5OS/c1-12(16(23)22-10-17(11-22)8-2-3-9-17)24-14-6-4-13(5-7-14)15-18-20-21-19-15/h4-7,12H,2-3,8-11H2,1H3,(H,18,19,20,21). The van der Waals surface area contributed by atoms with E-state index in [1.54, 1.807) is 11.8 Å². The number of carbonyl (C=O) groups is 1. The zero-order valence-corrected chi connectivity index (χ0v) is 14.6. The Hall–Kier alpha value is -1.89. The lowest BCUT2D eigenvalue weighted by Gasteiger charge is -2.49. The maximum Gasteiger partial charge on any atom is 0.235 e. The van der Waals surface area contributed by atoms with Crippen LogP contribution in [0.1, 0.15) is 32.6 Å². The minimum atomic E-state index is -0.0558. The molecule has 2 heterocycles. The second-order valence-electron chi connectivity index (χ2n) is 6.92. The predicted octanol–water partition coefficient (Wildman–Crippen LogP) is 2.75. The van der Waals surface area contributed by atoms with Gasteiger partial charge in [0, 0.05) is 29.0 Å². The van der Waals surface area contributed by atoms with Crippen LogP contribution in [0.15, 0.2) is 29.2 Å². The third kappa shape index (κ3) is 2.92. The Morgan fingerprint density at radius 1 is 1.25 bits per heavy atom. The van der Waals surface area contributed by atoms with Crippen LogP contribution in [0.25, 0.3) is 11.4 Å². The molecule has 24 heavy (non-hydrogen) atoms. The fourth-order valence-electron chi connectivity index (χ4n) is 3.84. The van der Waals surface area contributed by atoms with E-state index in [0.29, 0.717) is 11.2 Å². The molecule has 0 radical (unpaired) electrons. The van der Waals surface area contributed by atoms with E-state index in [1.165, 1.54) is 25.7 Å². The smallest absolute Gasteiger partial charge is 0.235 e. The highest BCUT2D eigenvalue weighted by Crippen LogP contribution is 2.46. The van der Waals surface area contributed by atoms with Crippen molar-refractivity contribution in [3.63, 3.8) is 0 Å².